The number of unbranched alkanes of at least 4 members (excludes halogenated alkanes) is 1. The fourth-order valence-electron chi connectivity index (χ4n) is 1.08. The Morgan fingerprint density at radius 2 is 2.50 bits per heavy atom. The Morgan fingerprint density at radius 3 is 3.08 bits per heavy atom. The monoisotopic (exact) mass is 166 g/mol. The molecule has 1 aromatic rings. The summed E-state index contributed by atoms with van der Waals surface area (Å²) in [7, 11) is 0. The quantitative estimate of drug-likeness (QED) is 0.490. The van der Waals surface area contributed by atoms with Crippen molar-refractivity contribution < 1.29 is 4.79 Å². The van der Waals surface area contributed by atoms with Crippen LogP contribution in [0.2, 0.25) is 0 Å². The molecule has 0 saturated heterocycles. The Balaban J connectivity index is 2.36. The molecule has 0 aromatic carbocycles. The third-order valence-electron chi connectivity index (χ3n) is 1.77. The van der Waals surface area contributed by atoms with E-state index in [1.54, 1.807) is 0 Å². The average Bonchev–Trinajstić information content (AvgIpc) is 2.53. The van der Waals surface area contributed by atoms with Crippen molar-refractivity contribution in [3.63, 3.8) is 0 Å². The first-order valence-corrected chi connectivity index (χ1v) is 4.32. The number of carbonyl (C=O) groups is 1. The zero-order chi connectivity index (χ0) is 8.81. The van der Waals surface area contributed by atoms with Crippen molar-refractivity contribution in [3.05, 3.63) is 18.0 Å². The van der Waals surface area contributed by atoms with Crippen LogP contribution in [0.25, 0.3) is 0 Å². The van der Waals surface area contributed by atoms with Gasteiger partial charge in [0.05, 0.1) is 5.69 Å². The van der Waals surface area contributed by atoms with E-state index in [9.17, 15) is 4.79 Å². The molecule has 0 aliphatic heterocycles. The number of hydrogen-bond donors (Lipinski definition) is 0. The molecule has 66 valence electrons. The third kappa shape index (κ3) is 2.49. The van der Waals surface area contributed by atoms with Gasteiger partial charge in [0.1, 0.15) is 6.29 Å². The van der Waals surface area contributed by atoms with Crippen LogP contribution in [0.4, 0.5) is 0 Å². The molecule has 0 aliphatic rings. The van der Waals surface area contributed by atoms with E-state index < -0.39 is 0 Å². The van der Waals surface area contributed by atoms with E-state index in [0.717, 1.165) is 31.4 Å². The largest absolute Gasteiger partial charge is 0.303 e. The fraction of sp³-hybridized carbons (Fsp3) is 0.556. The molecule has 1 aromatic heterocycles. The molecule has 0 aliphatic carbocycles. The van der Waals surface area contributed by atoms with Gasteiger partial charge in [0.15, 0.2) is 0 Å². The van der Waals surface area contributed by atoms with Crippen molar-refractivity contribution in [2.75, 3.05) is 0 Å². The zero-order valence-electron chi connectivity index (χ0n) is 7.36. The summed E-state index contributed by atoms with van der Waals surface area (Å²) < 4.78 is 1.90. The van der Waals surface area contributed by atoms with Gasteiger partial charge in [-0.1, -0.05) is 0 Å². The summed E-state index contributed by atoms with van der Waals surface area (Å²) >= 11 is 0. The Hall–Kier alpha value is -1.12. The van der Waals surface area contributed by atoms with Gasteiger partial charge in [-0.15, -0.1) is 0 Å². The molecule has 1 rings (SSSR count). The maximum absolute atomic E-state index is 10.0. The molecule has 0 amide bonds. The second-order valence-electron chi connectivity index (χ2n) is 2.72. The van der Waals surface area contributed by atoms with Crippen LogP contribution in [-0.2, 0) is 17.8 Å². The summed E-state index contributed by atoms with van der Waals surface area (Å²) in [5, 5.41) is 4.30. The number of aromatic nitrogens is 2. The Kier molecular flexibility index (Phi) is 3.51. The SMILES string of the molecule is CCn1ccc(CCCC=O)n1. The van der Waals surface area contributed by atoms with Crippen molar-refractivity contribution in [3.8, 4) is 0 Å². The van der Waals surface area contributed by atoms with Gasteiger partial charge in [-0.05, 0) is 25.8 Å². The topological polar surface area (TPSA) is 34.9 Å². The van der Waals surface area contributed by atoms with Crippen LogP contribution in [-0.4, -0.2) is 16.1 Å². The minimum atomic E-state index is 0.638. The molecule has 0 saturated carbocycles. The highest BCUT2D eigenvalue weighted by molar-refractivity contribution is 5.49. The van der Waals surface area contributed by atoms with Crippen LogP contribution in [0.15, 0.2) is 12.3 Å². The molecule has 3 heteroatoms. The van der Waals surface area contributed by atoms with Gasteiger partial charge in [-0.2, -0.15) is 5.10 Å². The Labute approximate surface area is 72.4 Å². The predicted octanol–water partition coefficient (Wildman–Crippen LogP) is 1.42. The van der Waals surface area contributed by atoms with E-state index in [1.165, 1.54) is 0 Å². The molecule has 12 heavy (non-hydrogen) atoms. The number of aryl methyl sites for hydroxylation is 2. The smallest absolute Gasteiger partial charge is 0.120 e. The molecule has 0 atom stereocenters. The molecule has 0 spiro atoms. The molecule has 0 N–H and O–H groups in total. The molecular weight excluding hydrogens is 152 g/mol. The van der Waals surface area contributed by atoms with Gasteiger partial charge in [0.25, 0.3) is 0 Å². The maximum atomic E-state index is 10.0. The molecule has 0 fully saturated rings. The minimum absolute atomic E-state index is 0.638. The van der Waals surface area contributed by atoms with Crippen molar-refractivity contribution in [1.82, 2.24) is 9.78 Å². The number of carbonyl (C=O) groups excluding carboxylic acids is 1. The molecule has 1 heterocycles. The average molecular weight is 166 g/mol. The normalized spacial score (nSPS) is 10.1. The van der Waals surface area contributed by atoms with Crippen molar-refractivity contribution in [2.45, 2.75) is 32.7 Å². The van der Waals surface area contributed by atoms with Gasteiger partial charge in [0, 0.05) is 19.2 Å². The van der Waals surface area contributed by atoms with E-state index in [4.69, 9.17) is 0 Å². The molecule has 0 radical (unpaired) electrons. The fourth-order valence-corrected chi connectivity index (χ4v) is 1.08. The number of hydrogen-bond acceptors (Lipinski definition) is 2. The van der Waals surface area contributed by atoms with E-state index >= 15 is 0 Å². The van der Waals surface area contributed by atoms with Crippen molar-refractivity contribution in [2.24, 2.45) is 0 Å². The van der Waals surface area contributed by atoms with E-state index in [1.807, 2.05) is 16.9 Å². The highest BCUT2D eigenvalue weighted by Crippen LogP contribution is 2.00. The highest BCUT2D eigenvalue weighted by atomic mass is 16.1. The van der Waals surface area contributed by atoms with Gasteiger partial charge < -0.3 is 4.79 Å². The first-order valence-electron chi connectivity index (χ1n) is 4.32. The minimum Gasteiger partial charge on any atom is -0.303 e. The second-order valence-corrected chi connectivity index (χ2v) is 2.72. The molecule has 0 unspecified atom stereocenters. The van der Waals surface area contributed by atoms with Crippen LogP contribution in [0.1, 0.15) is 25.5 Å². The lowest BCUT2D eigenvalue weighted by Gasteiger charge is -1.93. The third-order valence-corrected chi connectivity index (χ3v) is 1.77. The van der Waals surface area contributed by atoms with Crippen LogP contribution >= 0.6 is 0 Å². The molecule has 3 nitrogen and oxygen atoms in total. The van der Waals surface area contributed by atoms with E-state index in [2.05, 4.69) is 12.0 Å². The Morgan fingerprint density at radius 1 is 1.67 bits per heavy atom. The van der Waals surface area contributed by atoms with Crippen molar-refractivity contribution in [1.29, 1.82) is 0 Å². The lowest BCUT2D eigenvalue weighted by molar-refractivity contribution is -0.107. The first-order chi connectivity index (χ1) is 5.86. The lowest BCUT2D eigenvalue weighted by Crippen LogP contribution is -1.95. The standard InChI is InChI=1S/C9H14N2O/c1-2-11-7-6-9(10-11)5-3-4-8-12/h6-8H,2-5H2,1H3. The van der Waals surface area contributed by atoms with Crippen LogP contribution in [0.3, 0.4) is 0 Å². The summed E-state index contributed by atoms with van der Waals surface area (Å²) in [6, 6.07) is 2.01. The summed E-state index contributed by atoms with van der Waals surface area (Å²) in [5.41, 5.74) is 1.08. The second kappa shape index (κ2) is 4.70. The summed E-state index contributed by atoms with van der Waals surface area (Å²) in [4.78, 5) is 10.0. The van der Waals surface area contributed by atoms with Gasteiger partial charge in [-0.3, -0.25) is 4.68 Å². The van der Waals surface area contributed by atoms with Crippen LogP contribution < -0.4 is 0 Å². The summed E-state index contributed by atoms with van der Waals surface area (Å²) in [6.07, 6.45) is 5.38. The number of rotatable bonds is 5. The first kappa shape index (κ1) is 8.97. The van der Waals surface area contributed by atoms with E-state index in [-0.39, 0.29) is 0 Å². The van der Waals surface area contributed by atoms with E-state index in [0.29, 0.717) is 6.42 Å². The predicted molar refractivity (Wildman–Crippen MR) is 46.9 cm³/mol. The summed E-state index contributed by atoms with van der Waals surface area (Å²) in [5.74, 6) is 0. The lowest BCUT2D eigenvalue weighted by atomic mass is 10.2. The van der Waals surface area contributed by atoms with Gasteiger partial charge in [0.2, 0.25) is 0 Å². The summed E-state index contributed by atoms with van der Waals surface area (Å²) in [6.45, 7) is 2.97. The van der Waals surface area contributed by atoms with Gasteiger partial charge in [-0.25, -0.2) is 0 Å². The van der Waals surface area contributed by atoms with Gasteiger partial charge >= 0.3 is 0 Å². The maximum Gasteiger partial charge on any atom is 0.120 e. The van der Waals surface area contributed by atoms with Crippen LogP contribution in [0.5, 0.6) is 0 Å². The highest BCUT2D eigenvalue weighted by Gasteiger charge is 1.96. The molecule has 0 bridgehead atoms. The zero-order valence-corrected chi connectivity index (χ0v) is 7.36. The van der Waals surface area contributed by atoms with Crippen molar-refractivity contribution >= 4 is 6.29 Å². The number of aldehydes is 1. The number of nitrogens with zero attached hydrogens (tertiary/aromatic N) is 2. The Bertz CT molecular complexity index is 242. The van der Waals surface area contributed by atoms with Crippen LogP contribution in [0, 0.1) is 0 Å². The molecular formula is C9H14N2O.